The molecule has 0 fully saturated rings. The third kappa shape index (κ3) is 1.50. The van der Waals surface area contributed by atoms with E-state index in [0.29, 0.717) is 0 Å². The Morgan fingerprint density at radius 1 is 1.70 bits per heavy atom. The highest BCUT2D eigenvalue weighted by Gasteiger charge is 2.09. The van der Waals surface area contributed by atoms with E-state index in [4.69, 9.17) is 17.3 Å². The first-order chi connectivity index (χ1) is 4.75. The predicted octanol–water partition coefficient (Wildman–Crippen LogP) is 2.44. The number of halogens is 1. The monoisotopic (exact) mass is 175 g/mol. The van der Waals surface area contributed by atoms with Gasteiger partial charge in [-0.25, -0.2) is 0 Å². The smallest absolute Gasteiger partial charge is 0.0596 e. The number of thioether (sulfide) groups is 1. The molecule has 0 heterocycles. The van der Waals surface area contributed by atoms with Gasteiger partial charge in [-0.05, 0) is 19.1 Å². The Labute approximate surface area is 70.3 Å². The van der Waals surface area contributed by atoms with Gasteiger partial charge in [-0.2, -0.15) is 0 Å². The third-order valence-corrected chi connectivity index (χ3v) is 2.69. The third-order valence-electron chi connectivity index (χ3n) is 1.47. The van der Waals surface area contributed by atoms with Gasteiger partial charge in [0.15, 0.2) is 0 Å². The molecule has 0 aliphatic heterocycles. The highest BCUT2D eigenvalue weighted by atomic mass is 35.5. The Hall–Kier alpha value is -0.0800. The van der Waals surface area contributed by atoms with Crippen LogP contribution in [0, 0.1) is 0 Å². The molecule has 1 aliphatic rings. The first kappa shape index (κ1) is 8.02. The Balaban J connectivity index is 2.83. The minimum absolute atomic E-state index is 0.764. The largest absolute Gasteiger partial charge is 0.397 e. The lowest BCUT2D eigenvalue weighted by molar-refractivity contribution is 0.985. The van der Waals surface area contributed by atoms with Gasteiger partial charge in [0.05, 0.1) is 5.70 Å². The molecule has 0 atom stereocenters. The molecule has 0 bridgehead atoms. The summed E-state index contributed by atoms with van der Waals surface area (Å²) in [5, 5.41) is 0.812. The van der Waals surface area contributed by atoms with Crippen LogP contribution in [0.5, 0.6) is 0 Å². The van der Waals surface area contributed by atoms with Gasteiger partial charge in [0.25, 0.3) is 0 Å². The summed E-state index contributed by atoms with van der Waals surface area (Å²) in [5.41, 5.74) is 6.46. The fourth-order valence-corrected chi connectivity index (χ4v) is 1.80. The van der Waals surface area contributed by atoms with Crippen molar-refractivity contribution >= 4 is 23.4 Å². The zero-order chi connectivity index (χ0) is 7.56. The van der Waals surface area contributed by atoms with Crippen LogP contribution in [0.3, 0.4) is 0 Å². The lowest BCUT2D eigenvalue weighted by Gasteiger charge is -2.12. The molecule has 0 aromatic rings. The molecule has 0 radical (unpaired) electrons. The highest BCUT2D eigenvalue weighted by molar-refractivity contribution is 8.02. The quantitative estimate of drug-likeness (QED) is 0.663. The number of rotatable bonds is 1. The van der Waals surface area contributed by atoms with Gasteiger partial charge in [0.1, 0.15) is 0 Å². The molecule has 0 saturated heterocycles. The van der Waals surface area contributed by atoms with Crippen molar-refractivity contribution in [3.05, 3.63) is 21.7 Å². The van der Waals surface area contributed by atoms with Crippen molar-refractivity contribution in [2.24, 2.45) is 5.73 Å². The predicted molar refractivity (Wildman–Crippen MR) is 47.9 cm³/mol. The van der Waals surface area contributed by atoms with E-state index in [1.807, 2.05) is 6.26 Å². The van der Waals surface area contributed by atoms with Crippen LogP contribution in [0.1, 0.15) is 12.8 Å². The Bertz CT molecular complexity index is 196. The topological polar surface area (TPSA) is 26.0 Å². The maximum atomic E-state index is 5.84. The summed E-state index contributed by atoms with van der Waals surface area (Å²) in [7, 11) is 0. The van der Waals surface area contributed by atoms with Gasteiger partial charge in [-0.15, -0.1) is 11.8 Å². The normalized spacial score (nSPS) is 19.2. The Morgan fingerprint density at radius 3 is 2.90 bits per heavy atom. The maximum absolute atomic E-state index is 5.84. The molecule has 0 unspecified atom stereocenters. The Morgan fingerprint density at radius 2 is 2.40 bits per heavy atom. The van der Waals surface area contributed by atoms with E-state index >= 15 is 0 Å². The van der Waals surface area contributed by atoms with Gasteiger partial charge in [-0.3, -0.25) is 0 Å². The molecule has 1 nitrogen and oxygen atoms in total. The van der Waals surface area contributed by atoms with Crippen molar-refractivity contribution in [1.29, 1.82) is 0 Å². The molecular formula is C7H10ClNS. The highest BCUT2D eigenvalue weighted by Crippen LogP contribution is 2.29. The molecule has 0 saturated carbocycles. The van der Waals surface area contributed by atoms with Crippen LogP contribution >= 0.6 is 23.4 Å². The average Bonchev–Trinajstić information content (AvgIpc) is 1.95. The molecule has 2 N–H and O–H groups in total. The summed E-state index contributed by atoms with van der Waals surface area (Å²) in [6.07, 6.45) is 6.06. The molecule has 1 rings (SSSR count). The van der Waals surface area contributed by atoms with E-state index in [2.05, 4.69) is 6.08 Å². The number of hydrogen-bond donors (Lipinski definition) is 1. The summed E-state index contributed by atoms with van der Waals surface area (Å²) in [4.78, 5) is 1.12. The number of hydrogen-bond acceptors (Lipinski definition) is 2. The first-order valence-electron chi connectivity index (χ1n) is 3.14. The zero-order valence-electron chi connectivity index (χ0n) is 5.86. The van der Waals surface area contributed by atoms with Crippen molar-refractivity contribution in [2.45, 2.75) is 12.8 Å². The molecule has 0 amide bonds. The van der Waals surface area contributed by atoms with Gasteiger partial charge < -0.3 is 5.73 Å². The van der Waals surface area contributed by atoms with E-state index in [1.165, 1.54) is 0 Å². The van der Waals surface area contributed by atoms with Crippen molar-refractivity contribution in [3.8, 4) is 0 Å². The number of allylic oxidation sites excluding steroid dienone is 2. The first-order valence-corrected chi connectivity index (χ1v) is 4.74. The van der Waals surface area contributed by atoms with E-state index in [1.54, 1.807) is 11.8 Å². The van der Waals surface area contributed by atoms with Crippen LogP contribution < -0.4 is 5.73 Å². The van der Waals surface area contributed by atoms with Crippen LogP contribution in [-0.4, -0.2) is 6.26 Å². The summed E-state index contributed by atoms with van der Waals surface area (Å²) in [6, 6.07) is 0. The van der Waals surface area contributed by atoms with Crippen LogP contribution in [0.15, 0.2) is 21.7 Å². The maximum Gasteiger partial charge on any atom is 0.0596 e. The fraction of sp³-hybridized carbons (Fsp3) is 0.429. The van der Waals surface area contributed by atoms with Gasteiger partial charge in [-0.1, -0.05) is 17.7 Å². The molecule has 0 aromatic carbocycles. The van der Waals surface area contributed by atoms with Gasteiger partial charge in [0, 0.05) is 9.94 Å². The van der Waals surface area contributed by atoms with Crippen LogP contribution in [0.25, 0.3) is 0 Å². The molecular weight excluding hydrogens is 166 g/mol. The standard InChI is InChI=1S/C7H10ClNS/c1-10-6-4-2-3-5(8)7(6)9/h4H,2-3,9H2,1H3. The van der Waals surface area contributed by atoms with E-state index < -0.39 is 0 Å². The van der Waals surface area contributed by atoms with Gasteiger partial charge in [0.2, 0.25) is 0 Å². The number of nitrogens with two attached hydrogens (primary N) is 1. The molecule has 10 heavy (non-hydrogen) atoms. The van der Waals surface area contributed by atoms with Crippen molar-refractivity contribution in [2.75, 3.05) is 6.26 Å². The minimum Gasteiger partial charge on any atom is -0.397 e. The van der Waals surface area contributed by atoms with Crippen LogP contribution in [0.2, 0.25) is 0 Å². The fourth-order valence-electron chi connectivity index (χ4n) is 0.902. The van der Waals surface area contributed by atoms with Gasteiger partial charge >= 0.3 is 0 Å². The van der Waals surface area contributed by atoms with Crippen molar-refractivity contribution in [1.82, 2.24) is 0 Å². The second-order valence-electron chi connectivity index (χ2n) is 2.13. The second kappa shape index (κ2) is 3.35. The summed E-state index contributed by atoms with van der Waals surface area (Å²) < 4.78 is 0. The van der Waals surface area contributed by atoms with E-state index in [0.717, 1.165) is 28.5 Å². The Kier molecular flexibility index (Phi) is 2.69. The molecule has 3 heteroatoms. The van der Waals surface area contributed by atoms with Crippen LogP contribution in [-0.2, 0) is 0 Å². The minimum atomic E-state index is 0.764. The SMILES string of the molecule is CSC1=CCCC(Cl)=C1N. The van der Waals surface area contributed by atoms with Crippen molar-refractivity contribution in [3.63, 3.8) is 0 Å². The molecule has 56 valence electrons. The summed E-state index contributed by atoms with van der Waals surface area (Å²) in [6.45, 7) is 0. The second-order valence-corrected chi connectivity index (χ2v) is 3.43. The molecule has 0 aromatic heterocycles. The summed E-state index contributed by atoms with van der Waals surface area (Å²) in [5.74, 6) is 0. The van der Waals surface area contributed by atoms with Crippen molar-refractivity contribution < 1.29 is 0 Å². The van der Waals surface area contributed by atoms with Crippen LogP contribution in [0.4, 0.5) is 0 Å². The zero-order valence-corrected chi connectivity index (χ0v) is 7.43. The lowest BCUT2D eigenvalue weighted by atomic mass is 10.1. The van der Waals surface area contributed by atoms with E-state index in [-0.39, 0.29) is 0 Å². The molecule has 1 aliphatic carbocycles. The van der Waals surface area contributed by atoms with E-state index in [9.17, 15) is 0 Å². The lowest BCUT2D eigenvalue weighted by Crippen LogP contribution is -2.04. The molecule has 0 spiro atoms. The average molecular weight is 176 g/mol. The summed E-state index contributed by atoms with van der Waals surface area (Å²) >= 11 is 7.49.